The maximum atomic E-state index is 5.48. The summed E-state index contributed by atoms with van der Waals surface area (Å²) in [5.74, 6) is 1.15. The van der Waals surface area contributed by atoms with Gasteiger partial charge in [-0.15, -0.1) is 11.3 Å². The third kappa shape index (κ3) is 2.19. The van der Waals surface area contributed by atoms with Gasteiger partial charge in [-0.3, -0.25) is 0 Å². The Kier molecular flexibility index (Phi) is 3.35. The Bertz CT molecular complexity index is 803. The number of morpholine rings is 1. The van der Waals surface area contributed by atoms with Crippen LogP contribution in [0.1, 0.15) is 11.3 Å². The predicted octanol–water partition coefficient (Wildman–Crippen LogP) is 2.91. The van der Waals surface area contributed by atoms with E-state index in [1.54, 1.807) is 11.3 Å². The quantitative estimate of drug-likeness (QED) is 0.729. The average molecular weight is 314 g/mol. The van der Waals surface area contributed by atoms with E-state index < -0.39 is 0 Å². The summed E-state index contributed by atoms with van der Waals surface area (Å²) >= 11 is 1.70. The molecule has 6 heteroatoms. The van der Waals surface area contributed by atoms with Crippen LogP contribution in [0.3, 0.4) is 0 Å². The highest BCUT2D eigenvalue weighted by Gasteiger charge is 2.20. The third-order valence-electron chi connectivity index (χ3n) is 4.14. The Balaban J connectivity index is 1.91. The zero-order valence-corrected chi connectivity index (χ0v) is 13.6. The van der Waals surface area contributed by atoms with Crippen LogP contribution in [-0.4, -0.2) is 40.9 Å². The molecule has 0 spiro atoms. The van der Waals surface area contributed by atoms with Gasteiger partial charge in [-0.2, -0.15) is 9.61 Å². The zero-order valence-electron chi connectivity index (χ0n) is 12.7. The third-order valence-corrected chi connectivity index (χ3v) is 5.03. The van der Waals surface area contributed by atoms with Crippen molar-refractivity contribution < 1.29 is 4.74 Å². The lowest BCUT2D eigenvalue weighted by atomic mass is 10.2. The smallest absolute Gasteiger partial charge is 0.158 e. The molecule has 0 aromatic carbocycles. The van der Waals surface area contributed by atoms with Gasteiger partial charge in [0.05, 0.1) is 18.1 Å². The zero-order chi connectivity index (χ0) is 15.1. The molecule has 1 fully saturated rings. The average Bonchev–Trinajstić information content (AvgIpc) is 3.18. The molecule has 0 radical (unpaired) electrons. The van der Waals surface area contributed by atoms with Crippen LogP contribution in [-0.2, 0) is 4.74 Å². The first-order chi connectivity index (χ1) is 10.7. The molecular formula is C16H18N4OS. The summed E-state index contributed by atoms with van der Waals surface area (Å²) in [4.78, 5) is 8.24. The molecule has 0 atom stereocenters. The summed E-state index contributed by atoms with van der Waals surface area (Å²) < 4.78 is 7.47. The normalized spacial score (nSPS) is 15.6. The predicted molar refractivity (Wildman–Crippen MR) is 88.8 cm³/mol. The molecule has 1 saturated heterocycles. The van der Waals surface area contributed by atoms with Gasteiger partial charge in [0.2, 0.25) is 0 Å². The second kappa shape index (κ2) is 5.37. The lowest BCUT2D eigenvalue weighted by molar-refractivity contribution is 0.122. The van der Waals surface area contributed by atoms with Gasteiger partial charge in [-0.05, 0) is 25.3 Å². The molecule has 4 rings (SSSR count). The van der Waals surface area contributed by atoms with E-state index in [-0.39, 0.29) is 0 Å². The molecular weight excluding hydrogens is 296 g/mol. The number of hydrogen-bond donors (Lipinski definition) is 0. The van der Waals surface area contributed by atoms with Crippen molar-refractivity contribution in [2.24, 2.45) is 0 Å². The molecule has 0 bridgehead atoms. The van der Waals surface area contributed by atoms with Crippen molar-refractivity contribution in [3.05, 3.63) is 34.8 Å². The van der Waals surface area contributed by atoms with Crippen molar-refractivity contribution >= 4 is 22.8 Å². The maximum Gasteiger partial charge on any atom is 0.158 e. The molecule has 3 aromatic heterocycles. The number of aryl methyl sites for hydroxylation is 1. The highest BCUT2D eigenvalue weighted by molar-refractivity contribution is 7.13. The lowest BCUT2D eigenvalue weighted by Crippen LogP contribution is -2.38. The number of fused-ring (bicyclic) bond motifs is 1. The number of thiophene rings is 1. The standard InChI is InChI=1S/C16H18N4OS/c1-11-12(2)17-15-10-13(14-4-3-9-22-14)18-20(15)16(11)19-5-7-21-8-6-19/h3-4,9-10H,5-8H2,1-2H3. The first kappa shape index (κ1) is 13.7. The van der Waals surface area contributed by atoms with Crippen LogP contribution in [0, 0.1) is 13.8 Å². The van der Waals surface area contributed by atoms with Crippen LogP contribution in [0.5, 0.6) is 0 Å². The Labute approximate surface area is 133 Å². The van der Waals surface area contributed by atoms with Crippen molar-refractivity contribution in [3.63, 3.8) is 0 Å². The van der Waals surface area contributed by atoms with E-state index in [0.29, 0.717) is 0 Å². The highest BCUT2D eigenvalue weighted by Crippen LogP contribution is 2.29. The molecule has 5 nitrogen and oxygen atoms in total. The highest BCUT2D eigenvalue weighted by atomic mass is 32.1. The second-order valence-corrected chi connectivity index (χ2v) is 6.47. The summed E-state index contributed by atoms with van der Waals surface area (Å²) in [5.41, 5.74) is 4.15. The van der Waals surface area contributed by atoms with Gasteiger partial charge >= 0.3 is 0 Å². The van der Waals surface area contributed by atoms with E-state index in [0.717, 1.165) is 49.2 Å². The molecule has 3 aromatic rings. The summed E-state index contributed by atoms with van der Waals surface area (Å²) in [6, 6.07) is 6.22. The van der Waals surface area contributed by atoms with E-state index >= 15 is 0 Å². The molecule has 4 heterocycles. The molecule has 114 valence electrons. The summed E-state index contributed by atoms with van der Waals surface area (Å²) in [7, 11) is 0. The SMILES string of the molecule is Cc1nc2cc(-c3cccs3)nn2c(N2CCOCC2)c1C. The van der Waals surface area contributed by atoms with E-state index in [2.05, 4.69) is 42.3 Å². The van der Waals surface area contributed by atoms with E-state index in [9.17, 15) is 0 Å². The fraction of sp³-hybridized carbons (Fsp3) is 0.375. The van der Waals surface area contributed by atoms with E-state index in [1.165, 1.54) is 10.4 Å². The van der Waals surface area contributed by atoms with E-state index in [4.69, 9.17) is 14.8 Å². The van der Waals surface area contributed by atoms with Crippen molar-refractivity contribution in [1.29, 1.82) is 0 Å². The first-order valence-corrected chi connectivity index (χ1v) is 8.35. The van der Waals surface area contributed by atoms with Crippen molar-refractivity contribution in [2.75, 3.05) is 31.2 Å². The summed E-state index contributed by atoms with van der Waals surface area (Å²) in [6.07, 6.45) is 0. The molecule has 0 unspecified atom stereocenters. The van der Waals surface area contributed by atoms with Gasteiger partial charge < -0.3 is 9.64 Å². The molecule has 0 saturated carbocycles. The molecule has 1 aliphatic heterocycles. The van der Waals surface area contributed by atoms with Gasteiger partial charge in [0, 0.05) is 30.4 Å². The minimum atomic E-state index is 0.765. The Morgan fingerprint density at radius 2 is 2.05 bits per heavy atom. The minimum absolute atomic E-state index is 0.765. The number of rotatable bonds is 2. The number of nitrogens with zero attached hydrogens (tertiary/aromatic N) is 4. The Morgan fingerprint density at radius 3 is 2.77 bits per heavy atom. The Morgan fingerprint density at radius 1 is 1.23 bits per heavy atom. The fourth-order valence-corrected chi connectivity index (χ4v) is 3.56. The number of ether oxygens (including phenoxy) is 1. The Hall–Kier alpha value is -1.92. The number of aromatic nitrogens is 3. The largest absolute Gasteiger partial charge is 0.378 e. The monoisotopic (exact) mass is 314 g/mol. The molecule has 0 N–H and O–H groups in total. The maximum absolute atomic E-state index is 5.48. The van der Waals surface area contributed by atoms with E-state index in [1.807, 2.05) is 4.52 Å². The topological polar surface area (TPSA) is 42.7 Å². The van der Waals surface area contributed by atoms with Crippen LogP contribution in [0.2, 0.25) is 0 Å². The van der Waals surface area contributed by atoms with Gasteiger partial charge in [0.15, 0.2) is 5.65 Å². The lowest BCUT2D eigenvalue weighted by Gasteiger charge is -2.30. The summed E-state index contributed by atoms with van der Waals surface area (Å²) in [6.45, 7) is 7.51. The van der Waals surface area contributed by atoms with Crippen molar-refractivity contribution in [3.8, 4) is 10.6 Å². The van der Waals surface area contributed by atoms with Crippen LogP contribution in [0.15, 0.2) is 23.6 Å². The van der Waals surface area contributed by atoms with Gasteiger partial charge in [0.1, 0.15) is 11.5 Å². The minimum Gasteiger partial charge on any atom is -0.378 e. The van der Waals surface area contributed by atoms with Crippen LogP contribution >= 0.6 is 11.3 Å². The van der Waals surface area contributed by atoms with Crippen LogP contribution in [0.25, 0.3) is 16.2 Å². The van der Waals surface area contributed by atoms with Gasteiger partial charge in [-0.25, -0.2) is 4.98 Å². The molecule has 0 aliphatic carbocycles. The van der Waals surface area contributed by atoms with Crippen molar-refractivity contribution in [2.45, 2.75) is 13.8 Å². The molecule has 22 heavy (non-hydrogen) atoms. The fourth-order valence-electron chi connectivity index (χ4n) is 2.87. The van der Waals surface area contributed by atoms with Crippen molar-refractivity contribution in [1.82, 2.24) is 14.6 Å². The number of hydrogen-bond acceptors (Lipinski definition) is 5. The van der Waals surface area contributed by atoms with Gasteiger partial charge in [0.25, 0.3) is 0 Å². The molecule has 1 aliphatic rings. The van der Waals surface area contributed by atoms with Crippen LogP contribution in [0.4, 0.5) is 5.82 Å². The number of anilines is 1. The second-order valence-electron chi connectivity index (χ2n) is 5.52. The van der Waals surface area contributed by atoms with Crippen LogP contribution < -0.4 is 4.90 Å². The first-order valence-electron chi connectivity index (χ1n) is 7.47. The summed E-state index contributed by atoms with van der Waals surface area (Å²) in [5, 5.41) is 6.89. The van der Waals surface area contributed by atoms with Gasteiger partial charge in [-0.1, -0.05) is 6.07 Å². The molecule has 0 amide bonds.